The maximum absolute atomic E-state index is 10.9. The second-order valence-electron chi connectivity index (χ2n) is 7.28. The third-order valence-corrected chi connectivity index (χ3v) is 5.32. The van der Waals surface area contributed by atoms with Crippen molar-refractivity contribution in [3.8, 4) is 0 Å². The van der Waals surface area contributed by atoms with Gasteiger partial charge in [0.15, 0.2) is 5.71 Å². The SMILES string of the molecule is CC(C)=CC=CC1=[N+](CCCCS(=O)(=O)O)c2ccccc2C1(C)C. The molecule has 0 aromatic heterocycles. The van der Waals surface area contributed by atoms with Crippen LogP contribution in [0.3, 0.4) is 0 Å². The predicted octanol–water partition coefficient (Wildman–Crippen LogP) is 4.25. The van der Waals surface area contributed by atoms with E-state index in [1.54, 1.807) is 0 Å². The molecule has 0 bridgehead atoms. The molecule has 0 aliphatic carbocycles. The Labute approximate surface area is 151 Å². The van der Waals surface area contributed by atoms with Gasteiger partial charge in [-0.25, -0.2) is 0 Å². The number of benzene rings is 1. The maximum Gasteiger partial charge on any atom is 0.264 e. The molecular formula is C20H28NO3S+. The Morgan fingerprint density at radius 1 is 1.20 bits per heavy atom. The van der Waals surface area contributed by atoms with Gasteiger partial charge in [0.05, 0.1) is 11.2 Å². The second-order valence-corrected chi connectivity index (χ2v) is 8.85. The number of fused-ring (bicyclic) bond motifs is 1. The Kier molecular flexibility index (Phi) is 6.01. The average Bonchev–Trinajstić information content (AvgIpc) is 2.71. The van der Waals surface area contributed by atoms with Crippen molar-refractivity contribution in [2.75, 3.05) is 12.3 Å². The highest BCUT2D eigenvalue weighted by Crippen LogP contribution is 2.39. The lowest BCUT2D eigenvalue weighted by atomic mass is 9.81. The number of hydrogen-bond acceptors (Lipinski definition) is 2. The Morgan fingerprint density at radius 3 is 2.52 bits per heavy atom. The fourth-order valence-corrected chi connectivity index (χ4v) is 3.84. The minimum atomic E-state index is -3.89. The molecule has 0 saturated heterocycles. The molecule has 1 aromatic rings. The summed E-state index contributed by atoms with van der Waals surface area (Å²) in [4.78, 5) is 0. The average molecular weight is 363 g/mol. The molecular weight excluding hydrogens is 334 g/mol. The van der Waals surface area contributed by atoms with E-state index in [-0.39, 0.29) is 11.2 Å². The third kappa shape index (κ3) is 4.89. The van der Waals surface area contributed by atoms with Crippen LogP contribution < -0.4 is 0 Å². The highest BCUT2D eigenvalue weighted by molar-refractivity contribution is 7.85. The van der Waals surface area contributed by atoms with Crippen molar-refractivity contribution in [3.05, 3.63) is 53.6 Å². The number of nitrogens with zero attached hydrogens (tertiary/aromatic N) is 1. The normalized spacial score (nSPS) is 16.4. The molecule has 136 valence electrons. The first-order valence-corrected chi connectivity index (χ1v) is 10.2. The number of unbranched alkanes of at least 4 members (excludes halogenated alkanes) is 1. The highest BCUT2D eigenvalue weighted by Gasteiger charge is 2.43. The van der Waals surface area contributed by atoms with Crippen LogP contribution in [0.15, 0.2) is 48.1 Å². The molecule has 0 radical (unpaired) electrons. The van der Waals surface area contributed by atoms with Gasteiger partial charge in [0.2, 0.25) is 5.69 Å². The molecule has 1 aromatic carbocycles. The van der Waals surface area contributed by atoms with Crippen molar-refractivity contribution in [1.29, 1.82) is 0 Å². The predicted molar refractivity (Wildman–Crippen MR) is 103 cm³/mol. The molecule has 0 unspecified atom stereocenters. The van der Waals surface area contributed by atoms with Gasteiger partial charge in [0.1, 0.15) is 6.54 Å². The van der Waals surface area contributed by atoms with Gasteiger partial charge in [-0.15, -0.1) is 0 Å². The first-order valence-electron chi connectivity index (χ1n) is 8.64. The van der Waals surface area contributed by atoms with Gasteiger partial charge in [-0.05, 0) is 34.1 Å². The molecule has 0 fully saturated rings. The molecule has 0 atom stereocenters. The maximum atomic E-state index is 10.9. The Balaban J connectivity index is 2.32. The summed E-state index contributed by atoms with van der Waals surface area (Å²) < 4.78 is 33.0. The quantitative estimate of drug-likeness (QED) is 0.341. The van der Waals surface area contributed by atoms with E-state index < -0.39 is 10.1 Å². The molecule has 1 aliphatic heterocycles. The van der Waals surface area contributed by atoms with E-state index in [1.807, 2.05) is 6.07 Å². The van der Waals surface area contributed by atoms with Crippen molar-refractivity contribution >= 4 is 21.5 Å². The summed E-state index contributed by atoms with van der Waals surface area (Å²) in [7, 11) is -3.89. The van der Waals surface area contributed by atoms with Crippen LogP contribution in [0.25, 0.3) is 0 Å². The zero-order valence-electron chi connectivity index (χ0n) is 15.5. The van der Waals surface area contributed by atoms with Crippen molar-refractivity contribution in [3.63, 3.8) is 0 Å². The molecule has 0 spiro atoms. The largest absolute Gasteiger partial charge is 0.286 e. The molecule has 1 aliphatic rings. The molecule has 0 saturated carbocycles. The van der Waals surface area contributed by atoms with Crippen molar-refractivity contribution < 1.29 is 17.5 Å². The van der Waals surface area contributed by atoms with Crippen LogP contribution in [0, 0.1) is 0 Å². The van der Waals surface area contributed by atoms with Crippen LogP contribution in [0.2, 0.25) is 0 Å². The van der Waals surface area contributed by atoms with Gasteiger partial charge >= 0.3 is 0 Å². The molecule has 5 heteroatoms. The van der Waals surface area contributed by atoms with Crippen LogP contribution >= 0.6 is 0 Å². The van der Waals surface area contributed by atoms with Crippen molar-refractivity contribution in [2.45, 2.75) is 46.0 Å². The Hall–Kier alpha value is -1.72. The van der Waals surface area contributed by atoms with Gasteiger partial charge < -0.3 is 0 Å². The van der Waals surface area contributed by atoms with Gasteiger partial charge in [-0.3, -0.25) is 4.55 Å². The number of allylic oxidation sites excluding steroid dienone is 4. The first kappa shape index (κ1) is 19.6. The van der Waals surface area contributed by atoms with E-state index >= 15 is 0 Å². The minimum Gasteiger partial charge on any atom is -0.286 e. The molecule has 25 heavy (non-hydrogen) atoms. The number of rotatable bonds is 7. The lowest BCUT2D eigenvalue weighted by Gasteiger charge is -2.15. The summed E-state index contributed by atoms with van der Waals surface area (Å²) in [5.41, 5.74) is 4.80. The van der Waals surface area contributed by atoms with Crippen LogP contribution in [-0.4, -0.2) is 35.6 Å². The summed E-state index contributed by atoms with van der Waals surface area (Å²) in [5, 5.41) is 0. The van der Waals surface area contributed by atoms with Gasteiger partial charge in [0.25, 0.3) is 10.1 Å². The van der Waals surface area contributed by atoms with E-state index in [4.69, 9.17) is 4.55 Å². The summed E-state index contributed by atoms with van der Waals surface area (Å²) >= 11 is 0. The van der Waals surface area contributed by atoms with E-state index in [0.717, 1.165) is 6.54 Å². The lowest BCUT2D eigenvalue weighted by Crippen LogP contribution is -2.28. The van der Waals surface area contributed by atoms with Crippen LogP contribution in [0.5, 0.6) is 0 Å². The van der Waals surface area contributed by atoms with E-state index in [9.17, 15) is 8.42 Å². The summed E-state index contributed by atoms with van der Waals surface area (Å²) in [6.45, 7) is 9.29. The van der Waals surface area contributed by atoms with Gasteiger partial charge in [0, 0.05) is 24.1 Å². The summed E-state index contributed by atoms with van der Waals surface area (Å²) in [6, 6.07) is 8.35. The van der Waals surface area contributed by atoms with Crippen LogP contribution in [0.4, 0.5) is 5.69 Å². The fourth-order valence-electron chi connectivity index (χ4n) is 3.27. The van der Waals surface area contributed by atoms with Crippen LogP contribution in [-0.2, 0) is 15.5 Å². The lowest BCUT2D eigenvalue weighted by molar-refractivity contribution is -0.438. The van der Waals surface area contributed by atoms with E-state index in [2.05, 4.69) is 68.7 Å². The molecule has 2 rings (SSSR count). The monoisotopic (exact) mass is 362 g/mol. The van der Waals surface area contributed by atoms with E-state index in [0.29, 0.717) is 12.8 Å². The van der Waals surface area contributed by atoms with Crippen molar-refractivity contribution in [2.24, 2.45) is 0 Å². The topological polar surface area (TPSA) is 57.4 Å². The third-order valence-electron chi connectivity index (χ3n) is 4.52. The van der Waals surface area contributed by atoms with E-state index in [1.165, 1.54) is 22.5 Å². The zero-order valence-corrected chi connectivity index (χ0v) is 16.3. The van der Waals surface area contributed by atoms with Crippen LogP contribution in [0.1, 0.15) is 46.1 Å². The molecule has 0 amide bonds. The first-order chi connectivity index (χ1) is 11.6. The fraction of sp³-hybridized carbons (Fsp3) is 0.450. The summed E-state index contributed by atoms with van der Waals surface area (Å²) in [5.74, 6) is -0.186. The zero-order chi connectivity index (χ0) is 18.7. The Morgan fingerprint density at radius 2 is 1.88 bits per heavy atom. The number of para-hydroxylation sites is 1. The smallest absolute Gasteiger partial charge is 0.264 e. The molecule has 4 nitrogen and oxygen atoms in total. The second kappa shape index (κ2) is 7.67. The van der Waals surface area contributed by atoms with Gasteiger partial charge in [-0.2, -0.15) is 13.0 Å². The minimum absolute atomic E-state index is 0.106. The molecule has 1 N–H and O–H groups in total. The Bertz CT molecular complexity index is 826. The van der Waals surface area contributed by atoms with Crippen molar-refractivity contribution in [1.82, 2.24) is 0 Å². The number of hydrogen-bond donors (Lipinski definition) is 1. The standard InChI is InChI=1S/C20H27NO3S/c1-16(2)10-9-13-19-20(3,4)17-11-5-6-12-18(17)21(19)14-7-8-15-25(22,23)24/h5-6,9-13H,7-8,14-15H2,1-4H3/p+1. The summed E-state index contributed by atoms with van der Waals surface area (Å²) in [6.07, 6.45) is 7.45. The van der Waals surface area contributed by atoms with Gasteiger partial charge in [-0.1, -0.05) is 35.9 Å². The molecule has 1 heterocycles. The highest BCUT2D eigenvalue weighted by atomic mass is 32.2.